The van der Waals surface area contributed by atoms with Crippen LogP contribution in [0.2, 0.25) is 0 Å². The highest BCUT2D eigenvalue weighted by atomic mass is 19.4. The first-order valence-electron chi connectivity index (χ1n) is 18.3. The van der Waals surface area contributed by atoms with Crippen LogP contribution in [0, 0.1) is 50.4 Å². The topological polar surface area (TPSA) is 57.4 Å². The molecule has 7 aromatic carbocycles. The third-order valence-electron chi connectivity index (χ3n) is 10.8. The van der Waals surface area contributed by atoms with Gasteiger partial charge in [-0.25, -0.2) is 0 Å². The van der Waals surface area contributed by atoms with Crippen molar-refractivity contribution in [1.82, 2.24) is 9.13 Å². The molecular weight excluding hydrogens is 702 g/mol. The van der Waals surface area contributed by atoms with Crippen molar-refractivity contribution in [3.63, 3.8) is 0 Å². The Morgan fingerprint density at radius 2 is 0.929 bits per heavy atom. The van der Waals surface area contributed by atoms with Gasteiger partial charge < -0.3 is 9.13 Å². The summed E-state index contributed by atoms with van der Waals surface area (Å²) in [7, 11) is 0. The average molecular weight is 735 g/mol. The molecule has 9 aromatic rings. The number of rotatable bonds is 4. The van der Waals surface area contributed by atoms with Gasteiger partial charge in [0.15, 0.2) is 0 Å². The van der Waals surface area contributed by atoms with E-state index in [-0.39, 0.29) is 5.56 Å². The van der Waals surface area contributed by atoms with Gasteiger partial charge in [-0.3, -0.25) is 0 Å². The second-order valence-corrected chi connectivity index (χ2v) is 14.7. The monoisotopic (exact) mass is 734 g/mol. The number of aryl methyl sites for hydroxylation is 4. The minimum Gasteiger partial charge on any atom is -0.309 e. The van der Waals surface area contributed by atoms with Gasteiger partial charge >= 0.3 is 6.18 Å². The first kappa shape index (κ1) is 34.7. The Kier molecular flexibility index (Phi) is 7.90. The molecule has 0 unspecified atom stereocenters. The molecule has 0 radical (unpaired) electrons. The predicted molar refractivity (Wildman–Crippen MR) is 219 cm³/mol. The number of hydrogen-bond donors (Lipinski definition) is 0. The molecule has 0 amide bonds. The fourth-order valence-electron chi connectivity index (χ4n) is 8.21. The third-order valence-corrected chi connectivity index (χ3v) is 10.8. The Labute approximate surface area is 321 Å². The molecule has 270 valence electrons. The predicted octanol–water partition coefficient (Wildman–Crippen LogP) is 13.2. The summed E-state index contributed by atoms with van der Waals surface area (Å²) in [6, 6.07) is 44.7. The number of nitriles is 2. The maximum absolute atomic E-state index is 13.8. The molecule has 9 rings (SSSR count). The molecule has 2 heterocycles. The van der Waals surface area contributed by atoms with E-state index in [0.717, 1.165) is 100 Å². The van der Waals surface area contributed by atoms with E-state index in [1.165, 1.54) is 6.07 Å². The summed E-state index contributed by atoms with van der Waals surface area (Å²) in [6.45, 7) is 8.30. The molecule has 0 saturated heterocycles. The highest BCUT2D eigenvalue weighted by Gasteiger charge is 2.31. The number of halogens is 3. The fraction of sp³-hybridized carbons (Fsp3) is 0.102. The van der Waals surface area contributed by atoms with E-state index in [2.05, 4.69) is 116 Å². The van der Waals surface area contributed by atoms with Crippen molar-refractivity contribution in [2.24, 2.45) is 0 Å². The van der Waals surface area contributed by atoms with Crippen molar-refractivity contribution < 1.29 is 13.2 Å². The Morgan fingerprint density at radius 1 is 0.446 bits per heavy atom. The number of nitrogens with zero attached hydrogens (tertiary/aromatic N) is 4. The molecule has 0 spiro atoms. The smallest absolute Gasteiger partial charge is 0.309 e. The van der Waals surface area contributed by atoms with E-state index in [1.54, 1.807) is 6.07 Å². The number of alkyl halides is 3. The zero-order chi connectivity index (χ0) is 39.0. The van der Waals surface area contributed by atoms with E-state index < -0.39 is 11.7 Å². The van der Waals surface area contributed by atoms with Crippen molar-refractivity contribution in [1.29, 1.82) is 10.5 Å². The van der Waals surface area contributed by atoms with Crippen LogP contribution < -0.4 is 0 Å². The van der Waals surface area contributed by atoms with Crippen LogP contribution in [0.3, 0.4) is 0 Å². The highest BCUT2D eigenvalue weighted by Crippen LogP contribution is 2.44. The van der Waals surface area contributed by atoms with Crippen molar-refractivity contribution >= 4 is 43.6 Å². The van der Waals surface area contributed by atoms with Crippen LogP contribution in [0.25, 0.3) is 77.2 Å². The molecule has 0 fully saturated rings. The van der Waals surface area contributed by atoms with Gasteiger partial charge in [-0.05, 0) is 124 Å². The maximum atomic E-state index is 13.8. The zero-order valence-electron chi connectivity index (χ0n) is 31.0. The van der Waals surface area contributed by atoms with Gasteiger partial charge in [0.2, 0.25) is 0 Å². The van der Waals surface area contributed by atoms with Crippen LogP contribution in [0.5, 0.6) is 0 Å². The van der Waals surface area contributed by atoms with Crippen LogP contribution >= 0.6 is 0 Å². The normalized spacial score (nSPS) is 11.8. The molecular formula is C49H33F3N4. The quantitative estimate of drug-likeness (QED) is 0.181. The summed E-state index contributed by atoms with van der Waals surface area (Å²) in [5.74, 6) is 0. The van der Waals surface area contributed by atoms with E-state index in [9.17, 15) is 23.7 Å². The van der Waals surface area contributed by atoms with Gasteiger partial charge in [0.25, 0.3) is 0 Å². The van der Waals surface area contributed by atoms with Crippen LogP contribution in [0.1, 0.15) is 38.9 Å². The number of benzene rings is 7. The van der Waals surface area contributed by atoms with Gasteiger partial charge in [0, 0.05) is 32.7 Å². The fourth-order valence-corrected chi connectivity index (χ4v) is 8.21. The number of aromatic nitrogens is 2. The number of hydrogen-bond acceptors (Lipinski definition) is 2. The van der Waals surface area contributed by atoms with Gasteiger partial charge in [-0.1, -0.05) is 64.7 Å². The summed E-state index contributed by atoms with van der Waals surface area (Å²) in [5.41, 5.74) is 12.2. The van der Waals surface area contributed by atoms with Crippen LogP contribution in [0.4, 0.5) is 13.2 Å². The summed E-state index contributed by atoms with van der Waals surface area (Å²) >= 11 is 0. The summed E-state index contributed by atoms with van der Waals surface area (Å²) < 4.78 is 45.9. The molecule has 0 saturated carbocycles. The second kappa shape index (κ2) is 12.8. The standard InChI is InChI=1S/C49H33F3N4/c1-28-5-14-43-38(19-28)39-20-29(2)6-15-44(39)55(43)47-18-10-33(36-13-11-35(49(50,51)52)24-34(36)27-54)25-42(47)37-12-9-32(26-53)23-48(37)56-45-16-7-30(3)21-40(45)41-22-31(4)8-17-46(41)56/h5-25H,1-4H3. The van der Waals surface area contributed by atoms with Gasteiger partial charge in [0.1, 0.15) is 0 Å². The van der Waals surface area contributed by atoms with Crippen LogP contribution in [0.15, 0.2) is 127 Å². The molecule has 0 bridgehead atoms. The van der Waals surface area contributed by atoms with Crippen LogP contribution in [-0.2, 0) is 6.18 Å². The molecule has 56 heavy (non-hydrogen) atoms. The maximum Gasteiger partial charge on any atom is 0.416 e. The lowest BCUT2D eigenvalue weighted by Crippen LogP contribution is -2.05. The SMILES string of the molecule is Cc1ccc2c(c1)c1cc(C)ccc1n2-c1ccc(-c2ccc(C(F)(F)F)cc2C#N)cc1-c1ccc(C#N)cc1-n1c2ccc(C)cc2c2cc(C)ccc21. The van der Waals surface area contributed by atoms with E-state index in [0.29, 0.717) is 16.7 Å². The molecule has 7 heteroatoms. The molecule has 0 atom stereocenters. The second-order valence-electron chi connectivity index (χ2n) is 14.7. The molecule has 0 aliphatic heterocycles. The Morgan fingerprint density at radius 3 is 1.39 bits per heavy atom. The van der Waals surface area contributed by atoms with Crippen LogP contribution in [-0.4, -0.2) is 9.13 Å². The van der Waals surface area contributed by atoms with E-state index in [4.69, 9.17) is 0 Å². The Balaban J connectivity index is 1.42. The Bertz CT molecular complexity index is 3080. The number of fused-ring (bicyclic) bond motifs is 6. The zero-order valence-corrected chi connectivity index (χ0v) is 31.0. The summed E-state index contributed by atoms with van der Waals surface area (Å²) in [6.07, 6.45) is -4.59. The third kappa shape index (κ3) is 5.51. The lowest BCUT2D eigenvalue weighted by atomic mass is 9.92. The van der Waals surface area contributed by atoms with Crippen molar-refractivity contribution in [2.45, 2.75) is 33.9 Å². The summed E-state index contributed by atoms with van der Waals surface area (Å²) in [4.78, 5) is 0. The average Bonchev–Trinajstić information content (AvgIpc) is 3.67. The van der Waals surface area contributed by atoms with Gasteiger partial charge in [-0.15, -0.1) is 0 Å². The largest absolute Gasteiger partial charge is 0.416 e. The lowest BCUT2D eigenvalue weighted by molar-refractivity contribution is -0.137. The molecule has 4 nitrogen and oxygen atoms in total. The highest BCUT2D eigenvalue weighted by molar-refractivity contribution is 6.12. The molecule has 2 aromatic heterocycles. The summed E-state index contributed by atoms with van der Waals surface area (Å²) in [5, 5.41) is 24.8. The minimum absolute atomic E-state index is 0.0745. The molecule has 0 N–H and O–H groups in total. The van der Waals surface area contributed by atoms with E-state index in [1.807, 2.05) is 36.4 Å². The molecule has 0 aliphatic carbocycles. The lowest BCUT2D eigenvalue weighted by Gasteiger charge is -2.20. The minimum atomic E-state index is -4.59. The first-order valence-corrected chi connectivity index (χ1v) is 18.3. The van der Waals surface area contributed by atoms with Crippen molar-refractivity contribution in [2.75, 3.05) is 0 Å². The van der Waals surface area contributed by atoms with Gasteiger partial charge in [0.05, 0.1) is 62.3 Å². The first-order chi connectivity index (χ1) is 26.9. The Hall–Kier alpha value is -7.09. The van der Waals surface area contributed by atoms with E-state index >= 15 is 0 Å². The van der Waals surface area contributed by atoms with Crippen molar-refractivity contribution in [3.8, 4) is 45.8 Å². The molecule has 0 aliphatic rings. The van der Waals surface area contributed by atoms with Gasteiger partial charge in [-0.2, -0.15) is 23.7 Å². The van der Waals surface area contributed by atoms with Crippen molar-refractivity contribution in [3.05, 3.63) is 166 Å².